The molecule has 0 amide bonds. The molecule has 0 bridgehead atoms. The lowest BCUT2D eigenvalue weighted by molar-refractivity contribution is -0.122. The fourth-order valence-corrected chi connectivity index (χ4v) is 3.01. The van der Waals surface area contributed by atoms with E-state index in [4.69, 9.17) is 5.11 Å². The van der Waals surface area contributed by atoms with Gasteiger partial charge in [0.2, 0.25) is 5.78 Å². The van der Waals surface area contributed by atoms with Crippen molar-refractivity contribution in [1.29, 1.82) is 0 Å². The molecule has 0 radical (unpaired) electrons. The van der Waals surface area contributed by atoms with Gasteiger partial charge in [-0.05, 0) is 25.3 Å². The lowest BCUT2D eigenvalue weighted by atomic mass is 9.56. The Hall–Kier alpha value is -1.35. The quantitative estimate of drug-likeness (QED) is 0.752. The van der Waals surface area contributed by atoms with Crippen LogP contribution in [0, 0.1) is 17.3 Å². The van der Waals surface area contributed by atoms with Crippen molar-refractivity contribution in [2.24, 2.45) is 17.3 Å². The van der Waals surface area contributed by atoms with Crippen molar-refractivity contribution < 1.29 is 15.0 Å². The third-order valence-electron chi connectivity index (χ3n) is 4.22. The number of aliphatic hydroxyl groups excluding tert-OH is 2. The van der Waals surface area contributed by atoms with Gasteiger partial charge in [-0.15, -0.1) is 0 Å². The van der Waals surface area contributed by atoms with Gasteiger partial charge in [-0.2, -0.15) is 0 Å². The van der Waals surface area contributed by atoms with E-state index in [-0.39, 0.29) is 35.4 Å². The second-order valence-electron chi connectivity index (χ2n) is 5.56. The maximum atomic E-state index is 11.8. The molecular formula is C15H20O3. The molecule has 2 rings (SSSR count). The molecule has 0 saturated heterocycles. The Morgan fingerprint density at radius 1 is 1.56 bits per heavy atom. The number of ketones is 1. The molecule has 2 aliphatic carbocycles. The second kappa shape index (κ2) is 4.39. The summed E-state index contributed by atoms with van der Waals surface area (Å²) in [5.41, 5.74) is 1.80. The first-order chi connectivity index (χ1) is 8.43. The summed E-state index contributed by atoms with van der Waals surface area (Å²) in [4.78, 5) is 11.8. The number of aliphatic hydroxyl groups is 2. The average molecular weight is 248 g/mol. The monoisotopic (exact) mass is 248 g/mol. The predicted octanol–water partition coefficient (Wildman–Crippen LogP) is 2.54. The van der Waals surface area contributed by atoms with Crippen LogP contribution in [-0.4, -0.2) is 22.6 Å². The fraction of sp³-hybridized carbons (Fsp3) is 0.533. The number of hydrogen-bond donors (Lipinski definition) is 2. The molecule has 0 fully saturated rings. The lowest BCUT2D eigenvalue weighted by Crippen LogP contribution is -2.42. The van der Waals surface area contributed by atoms with E-state index in [1.807, 2.05) is 19.1 Å². The first-order valence-corrected chi connectivity index (χ1v) is 6.37. The van der Waals surface area contributed by atoms with Crippen molar-refractivity contribution in [2.75, 3.05) is 6.61 Å². The summed E-state index contributed by atoms with van der Waals surface area (Å²) in [6, 6.07) is 0. The first kappa shape index (κ1) is 13.1. The van der Waals surface area contributed by atoms with Crippen LogP contribution in [-0.2, 0) is 4.79 Å². The summed E-state index contributed by atoms with van der Waals surface area (Å²) in [5, 5.41) is 18.6. The zero-order valence-electron chi connectivity index (χ0n) is 11.1. The Morgan fingerprint density at radius 2 is 2.22 bits per heavy atom. The fourth-order valence-electron chi connectivity index (χ4n) is 3.01. The van der Waals surface area contributed by atoms with Gasteiger partial charge in [-0.1, -0.05) is 37.1 Å². The maximum Gasteiger partial charge on any atom is 0.204 e. The molecule has 3 heteroatoms. The maximum absolute atomic E-state index is 11.8. The number of hydrogen-bond acceptors (Lipinski definition) is 3. The molecule has 3 nitrogen and oxygen atoms in total. The Kier molecular flexibility index (Phi) is 3.20. The Bertz CT molecular complexity index is 468. The number of rotatable bonds is 4. The molecule has 0 aromatic carbocycles. The number of fused-ring (bicyclic) bond motifs is 1. The normalized spacial score (nSPS) is 31.1. The summed E-state index contributed by atoms with van der Waals surface area (Å²) < 4.78 is 0. The molecule has 0 spiro atoms. The van der Waals surface area contributed by atoms with Crippen molar-refractivity contribution in [2.45, 2.75) is 27.2 Å². The minimum Gasteiger partial charge on any atom is -0.505 e. The van der Waals surface area contributed by atoms with Crippen LogP contribution in [0.25, 0.3) is 0 Å². The average Bonchev–Trinajstić information content (AvgIpc) is 2.50. The molecule has 0 aromatic rings. The van der Waals surface area contributed by atoms with Crippen LogP contribution >= 0.6 is 0 Å². The van der Waals surface area contributed by atoms with E-state index < -0.39 is 0 Å². The largest absolute Gasteiger partial charge is 0.505 e. The number of Topliss-reactive ketones (excluding diaryl/α,β-unsaturated/α-hetero) is 1. The molecular weight excluding hydrogens is 228 g/mol. The zero-order chi connectivity index (χ0) is 13.5. The van der Waals surface area contributed by atoms with E-state index in [0.29, 0.717) is 0 Å². The molecule has 2 N–H and O–H groups in total. The highest BCUT2D eigenvalue weighted by molar-refractivity contribution is 6.02. The highest BCUT2D eigenvalue weighted by Crippen LogP contribution is 2.58. The zero-order valence-corrected chi connectivity index (χ0v) is 11.1. The number of carbonyl (C=O) groups excluding carboxylic acids is 1. The van der Waals surface area contributed by atoms with Gasteiger partial charge >= 0.3 is 0 Å². The molecule has 98 valence electrons. The van der Waals surface area contributed by atoms with Gasteiger partial charge in [0, 0.05) is 5.41 Å². The highest BCUT2D eigenvalue weighted by atomic mass is 16.3. The summed E-state index contributed by atoms with van der Waals surface area (Å²) in [6.45, 7) is 6.09. The molecule has 18 heavy (non-hydrogen) atoms. The SMILES string of the molecule is C/C(=C\CC1=C[C@@H]2C(=O)C(O)=C[C@]12C(C)C)CO. The smallest absolute Gasteiger partial charge is 0.204 e. The van der Waals surface area contributed by atoms with E-state index in [0.717, 1.165) is 12.0 Å². The van der Waals surface area contributed by atoms with Crippen LogP contribution in [0.15, 0.2) is 35.1 Å². The van der Waals surface area contributed by atoms with E-state index in [1.165, 1.54) is 5.57 Å². The van der Waals surface area contributed by atoms with Gasteiger partial charge < -0.3 is 10.2 Å². The third-order valence-corrected chi connectivity index (χ3v) is 4.22. The minimum atomic E-state index is -0.298. The van der Waals surface area contributed by atoms with Crippen molar-refractivity contribution >= 4 is 5.78 Å². The Labute approximate surface area is 108 Å². The Morgan fingerprint density at radius 3 is 2.72 bits per heavy atom. The molecule has 0 aliphatic heterocycles. The minimum absolute atomic E-state index is 0.0609. The van der Waals surface area contributed by atoms with Crippen LogP contribution in [0.5, 0.6) is 0 Å². The highest BCUT2D eigenvalue weighted by Gasteiger charge is 2.56. The molecule has 0 aromatic heterocycles. The molecule has 0 saturated carbocycles. The van der Waals surface area contributed by atoms with Crippen LogP contribution in [0.3, 0.4) is 0 Å². The van der Waals surface area contributed by atoms with Gasteiger partial charge in [0.05, 0.1) is 12.5 Å². The second-order valence-corrected chi connectivity index (χ2v) is 5.56. The van der Waals surface area contributed by atoms with E-state index in [1.54, 1.807) is 6.08 Å². The molecule has 2 atom stereocenters. The van der Waals surface area contributed by atoms with Gasteiger partial charge in [0.25, 0.3) is 0 Å². The molecule has 2 aliphatic rings. The van der Waals surface area contributed by atoms with Crippen LogP contribution in [0.2, 0.25) is 0 Å². The lowest BCUT2D eigenvalue weighted by Gasteiger charge is -2.46. The van der Waals surface area contributed by atoms with Gasteiger partial charge in [-0.25, -0.2) is 0 Å². The summed E-state index contributed by atoms with van der Waals surface area (Å²) in [5.74, 6) is -0.160. The standard InChI is InChI=1S/C15H20O3/c1-9(2)15-7-13(17)14(18)12(15)6-11(15)5-4-10(3)8-16/h4,6-7,9,12,16-17H,5,8H2,1-3H3/b10-4+/t12-,15+/m1/s1. The van der Waals surface area contributed by atoms with Gasteiger partial charge in [0.15, 0.2) is 5.76 Å². The van der Waals surface area contributed by atoms with Crippen molar-refractivity contribution in [1.82, 2.24) is 0 Å². The van der Waals surface area contributed by atoms with E-state index in [9.17, 15) is 9.90 Å². The van der Waals surface area contributed by atoms with E-state index in [2.05, 4.69) is 13.8 Å². The summed E-state index contributed by atoms with van der Waals surface area (Å²) in [6.07, 6.45) is 6.41. The number of allylic oxidation sites excluding steroid dienone is 5. The Balaban J connectivity index is 2.27. The van der Waals surface area contributed by atoms with Crippen LogP contribution < -0.4 is 0 Å². The van der Waals surface area contributed by atoms with Gasteiger partial charge in [-0.3, -0.25) is 4.79 Å². The summed E-state index contributed by atoms with van der Waals surface area (Å²) in [7, 11) is 0. The predicted molar refractivity (Wildman–Crippen MR) is 70.0 cm³/mol. The van der Waals surface area contributed by atoms with E-state index >= 15 is 0 Å². The third kappa shape index (κ3) is 1.65. The molecule has 0 heterocycles. The van der Waals surface area contributed by atoms with Crippen LogP contribution in [0.4, 0.5) is 0 Å². The molecule has 0 unspecified atom stereocenters. The van der Waals surface area contributed by atoms with Crippen LogP contribution in [0.1, 0.15) is 27.2 Å². The van der Waals surface area contributed by atoms with Crippen molar-refractivity contribution in [3.63, 3.8) is 0 Å². The topological polar surface area (TPSA) is 57.5 Å². The summed E-state index contributed by atoms with van der Waals surface area (Å²) >= 11 is 0. The van der Waals surface area contributed by atoms with Crippen molar-refractivity contribution in [3.8, 4) is 0 Å². The number of carbonyl (C=O) groups is 1. The van der Waals surface area contributed by atoms with Crippen molar-refractivity contribution in [3.05, 3.63) is 35.1 Å². The van der Waals surface area contributed by atoms with Gasteiger partial charge in [0.1, 0.15) is 0 Å². The first-order valence-electron chi connectivity index (χ1n) is 6.37.